The van der Waals surface area contributed by atoms with Crippen LogP contribution >= 0.6 is 23.2 Å². The zero-order chi connectivity index (χ0) is 27.6. The number of ether oxygens (including phenoxy) is 1. The fraction of sp³-hybridized carbons (Fsp3) is 0.321. The van der Waals surface area contributed by atoms with E-state index < -0.39 is 16.1 Å². The molecule has 2 aliphatic heterocycles. The lowest BCUT2D eigenvalue weighted by Gasteiger charge is -2.44. The average Bonchev–Trinajstić information content (AvgIpc) is 2.98. The highest BCUT2D eigenvalue weighted by molar-refractivity contribution is 7.89. The lowest BCUT2D eigenvalue weighted by Crippen LogP contribution is -2.62. The lowest BCUT2D eigenvalue weighted by atomic mass is 10.1. The smallest absolute Gasteiger partial charge is 0.246 e. The number of carbonyl (C=O) groups is 1. The molecule has 2 heterocycles. The molecule has 3 aromatic rings. The number of amides is 1. The Balaban J connectivity index is 1.37. The van der Waals surface area contributed by atoms with Crippen LogP contribution in [0.4, 0.5) is 11.4 Å². The van der Waals surface area contributed by atoms with Crippen molar-refractivity contribution in [2.75, 3.05) is 62.7 Å². The van der Waals surface area contributed by atoms with Gasteiger partial charge in [-0.15, -0.1) is 0 Å². The molecule has 2 aliphatic rings. The van der Waals surface area contributed by atoms with Gasteiger partial charge in [-0.05, 0) is 42.5 Å². The van der Waals surface area contributed by atoms with E-state index in [1.807, 2.05) is 46.2 Å². The number of rotatable bonds is 6. The van der Waals surface area contributed by atoms with Crippen LogP contribution in [-0.2, 0) is 14.8 Å². The van der Waals surface area contributed by atoms with Gasteiger partial charge in [0.05, 0.1) is 22.7 Å². The Kier molecular flexibility index (Phi) is 8.23. The molecule has 0 radical (unpaired) electrons. The minimum Gasteiger partial charge on any atom is -0.497 e. The summed E-state index contributed by atoms with van der Waals surface area (Å²) in [6.45, 7) is 2.87. The zero-order valence-electron chi connectivity index (χ0n) is 21.5. The molecule has 8 nitrogen and oxygen atoms in total. The molecule has 0 N–H and O–H groups in total. The van der Waals surface area contributed by atoms with Gasteiger partial charge < -0.3 is 19.4 Å². The Labute approximate surface area is 239 Å². The van der Waals surface area contributed by atoms with E-state index in [-0.39, 0.29) is 23.9 Å². The second kappa shape index (κ2) is 11.6. The molecule has 39 heavy (non-hydrogen) atoms. The number of para-hydroxylation sites is 1. The average molecular weight is 590 g/mol. The maximum absolute atomic E-state index is 14.0. The largest absolute Gasteiger partial charge is 0.497 e. The van der Waals surface area contributed by atoms with Gasteiger partial charge in [-0.3, -0.25) is 4.79 Å². The Morgan fingerprint density at radius 1 is 0.872 bits per heavy atom. The minimum atomic E-state index is -3.83. The normalized spacial score (nSPS) is 18.7. The third-order valence-corrected chi connectivity index (χ3v) is 9.65. The number of hydrogen-bond acceptors (Lipinski definition) is 6. The molecular weight excluding hydrogens is 559 g/mol. The standard InChI is InChI=1S/C28H30Cl2N4O4S/c1-38-23-8-5-9-24(19-23)39(36,37)33-16-17-34(22-6-3-2-4-7-22)27(20-33)28(35)32-14-12-31(13-15-32)26-18-21(29)10-11-25(26)30/h2-11,18-19,27H,12-17,20H2,1H3. The summed E-state index contributed by atoms with van der Waals surface area (Å²) in [4.78, 5) is 20.1. The second-order valence-corrected chi connectivity index (χ2v) is 12.3. The first-order valence-corrected chi connectivity index (χ1v) is 14.9. The molecule has 2 saturated heterocycles. The minimum absolute atomic E-state index is 0.0492. The predicted molar refractivity (Wildman–Crippen MR) is 155 cm³/mol. The van der Waals surface area contributed by atoms with Gasteiger partial charge in [0.25, 0.3) is 0 Å². The van der Waals surface area contributed by atoms with Gasteiger partial charge in [-0.1, -0.05) is 47.5 Å². The molecule has 1 atom stereocenters. The third-order valence-electron chi connectivity index (χ3n) is 7.24. The van der Waals surface area contributed by atoms with Crippen LogP contribution in [0.2, 0.25) is 10.0 Å². The zero-order valence-corrected chi connectivity index (χ0v) is 23.9. The molecule has 2 fully saturated rings. The van der Waals surface area contributed by atoms with Gasteiger partial charge in [-0.25, -0.2) is 8.42 Å². The van der Waals surface area contributed by atoms with Crippen LogP contribution in [0.25, 0.3) is 0 Å². The number of carbonyl (C=O) groups excluding carboxylic acids is 1. The highest BCUT2D eigenvalue weighted by atomic mass is 35.5. The number of anilines is 2. The molecule has 0 aromatic heterocycles. The van der Waals surface area contributed by atoms with Crippen LogP contribution in [0.1, 0.15) is 0 Å². The number of nitrogens with zero attached hydrogens (tertiary/aromatic N) is 4. The van der Waals surface area contributed by atoms with Crippen LogP contribution < -0.4 is 14.5 Å². The second-order valence-electron chi connectivity index (χ2n) is 9.49. The molecule has 3 aromatic carbocycles. The highest BCUT2D eigenvalue weighted by Crippen LogP contribution is 2.31. The van der Waals surface area contributed by atoms with E-state index in [1.165, 1.54) is 17.5 Å². The first-order valence-electron chi connectivity index (χ1n) is 12.7. The van der Waals surface area contributed by atoms with E-state index in [1.54, 1.807) is 30.3 Å². The van der Waals surface area contributed by atoms with Crippen molar-refractivity contribution < 1.29 is 17.9 Å². The molecule has 0 bridgehead atoms. The summed E-state index contributed by atoms with van der Waals surface area (Å²) in [5.74, 6) is 0.366. The number of halogens is 2. The van der Waals surface area contributed by atoms with Gasteiger partial charge in [0.15, 0.2) is 0 Å². The predicted octanol–water partition coefficient (Wildman–Crippen LogP) is 4.23. The summed E-state index contributed by atoms with van der Waals surface area (Å²) in [6.07, 6.45) is 0. The molecule has 0 aliphatic carbocycles. The van der Waals surface area contributed by atoms with Crippen molar-refractivity contribution >= 4 is 50.5 Å². The summed E-state index contributed by atoms with van der Waals surface area (Å²) < 4.78 is 33.8. The number of benzene rings is 3. The maximum Gasteiger partial charge on any atom is 0.246 e. The topological polar surface area (TPSA) is 73.4 Å². The molecule has 206 valence electrons. The fourth-order valence-electron chi connectivity index (χ4n) is 5.13. The summed E-state index contributed by atoms with van der Waals surface area (Å²) >= 11 is 12.6. The Morgan fingerprint density at radius 3 is 2.33 bits per heavy atom. The van der Waals surface area contributed by atoms with Crippen molar-refractivity contribution in [2.24, 2.45) is 0 Å². The van der Waals surface area contributed by atoms with Crippen LogP contribution in [0.3, 0.4) is 0 Å². The van der Waals surface area contributed by atoms with Crippen molar-refractivity contribution in [1.29, 1.82) is 0 Å². The molecule has 1 amide bonds. The van der Waals surface area contributed by atoms with E-state index in [0.29, 0.717) is 48.5 Å². The van der Waals surface area contributed by atoms with Gasteiger partial charge in [0, 0.05) is 62.6 Å². The quantitative estimate of drug-likeness (QED) is 0.429. The Morgan fingerprint density at radius 2 is 1.62 bits per heavy atom. The monoisotopic (exact) mass is 588 g/mol. The van der Waals surface area contributed by atoms with E-state index in [9.17, 15) is 13.2 Å². The van der Waals surface area contributed by atoms with Gasteiger partial charge in [-0.2, -0.15) is 4.31 Å². The van der Waals surface area contributed by atoms with Crippen molar-refractivity contribution in [3.05, 3.63) is 82.8 Å². The van der Waals surface area contributed by atoms with Crippen molar-refractivity contribution in [1.82, 2.24) is 9.21 Å². The van der Waals surface area contributed by atoms with Crippen LogP contribution in [0.15, 0.2) is 77.7 Å². The fourth-order valence-corrected chi connectivity index (χ4v) is 7.01. The highest BCUT2D eigenvalue weighted by Gasteiger charge is 2.40. The number of hydrogen-bond donors (Lipinski definition) is 0. The third kappa shape index (κ3) is 5.82. The van der Waals surface area contributed by atoms with E-state index in [0.717, 1.165) is 11.4 Å². The van der Waals surface area contributed by atoms with E-state index in [2.05, 4.69) is 4.90 Å². The van der Waals surface area contributed by atoms with Crippen LogP contribution in [0, 0.1) is 0 Å². The summed E-state index contributed by atoms with van der Waals surface area (Å²) in [5.41, 5.74) is 1.73. The Bertz CT molecular complexity index is 1430. The van der Waals surface area contributed by atoms with Crippen LogP contribution in [0.5, 0.6) is 5.75 Å². The van der Waals surface area contributed by atoms with Crippen molar-refractivity contribution in [3.8, 4) is 5.75 Å². The van der Waals surface area contributed by atoms with E-state index >= 15 is 0 Å². The molecule has 5 rings (SSSR count). The van der Waals surface area contributed by atoms with Gasteiger partial charge in [0.2, 0.25) is 15.9 Å². The van der Waals surface area contributed by atoms with Gasteiger partial charge >= 0.3 is 0 Å². The Hall–Kier alpha value is -2.98. The maximum atomic E-state index is 14.0. The number of piperazine rings is 2. The summed E-state index contributed by atoms with van der Waals surface area (Å²) in [6, 6.07) is 20.8. The van der Waals surface area contributed by atoms with Gasteiger partial charge in [0.1, 0.15) is 11.8 Å². The molecular formula is C28H30Cl2N4O4S. The summed E-state index contributed by atoms with van der Waals surface area (Å²) in [7, 11) is -2.33. The van der Waals surface area contributed by atoms with Crippen molar-refractivity contribution in [2.45, 2.75) is 10.9 Å². The van der Waals surface area contributed by atoms with Crippen LogP contribution in [-0.4, -0.2) is 82.5 Å². The molecule has 0 saturated carbocycles. The molecule has 0 spiro atoms. The SMILES string of the molecule is COc1cccc(S(=O)(=O)N2CCN(c3ccccc3)C(C(=O)N3CCN(c4cc(Cl)ccc4Cl)CC3)C2)c1. The molecule has 1 unspecified atom stereocenters. The van der Waals surface area contributed by atoms with E-state index in [4.69, 9.17) is 27.9 Å². The first-order chi connectivity index (χ1) is 18.8. The molecule has 11 heteroatoms. The number of methoxy groups -OCH3 is 1. The summed E-state index contributed by atoms with van der Waals surface area (Å²) in [5, 5.41) is 1.21. The number of sulfonamides is 1. The lowest BCUT2D eigenvalue weighted by molar-refractivity contribution is -0.133. The first kappa shape index (κ1) is 27.6. The van der Waals surface area contributed by atoms with Crippen molar-refractivity contribution in [3.63, 3.8) is 0 Å².